The Kier molecular flexibility index (Phi) is 4.70. The molecule has 7 heteroatoms. The van der Waals surface area contributed by atoms with Gasteiger partial charge in [-0.15, -0.1) is 11.6 Å². The van der Waals surface area contributed by atoms with E-state index in [0.717, 1.165) is 11.1 Å². The number of aryl methyl sites for hydroxylation is 2. The van der Waals surface area contributed by atoms with Crippen molar-refractivity contribution in [2.45, 2.75) is 24.6 Å². The summed E-state index contributed by atoms with van der Waals surface area (Å²) in [5.74, 6) is 0.512. The highest BCUT2D eigenvalue weighted by molar-refractivity contribution is 9.10. The van der Waals surface area contributed by atoms with Crippen LogP contribution >= 0.6 is 27.5 Å². The molecule has 2 rings (SSSR count). The van der Waals surface area contributed by atoms with E-state index in [4.69, 9.17) is 16.0 Å². The Bertz CT molecular complexity index is 771. The number of hydrogen-bond acceptors (Lipinski definition) is 3. The van der Waals surface area contributed by atoms with Gasteiger partial charge >= 0.3 is 0 Å². The van der Waals surface area contributed by atoms with Crippen molar-refractivity contribution in [2.24, 2.45) is 0 Å². The average molecular weight is 393 g/mol. The molecule has 0 saturated carbocycles. The molecule has 1 heterocycles. The van der Waals surface area contributed by atoms with E-state index in [1.807, 2.05) is 26.0 Å². The van der Waals surface area contributed by atoms with Crippen LogP contribution in [0.15, 0.2) is 38.2 Å². The molecule has 4 nitrogen and oxygen atoms in total. The maximum absolute atomic E-state index is 12.7. The largest absolute Gasteiger partial charge is 0.452 e. The number of furan rings is 1. The topological polar surface area (TPSA) is 50.5 Å². The first-order valence-electron chi connectivity index (χ1n) is 6.17. The summed E-state index contributed by atoms with van der Waals surface area (Å²) in [7, 11) is -2.19. The molecule has 0 aliphatic rings. The zero-order chi connectivity index (χ0) is 15.8. The predicted molar refractivity (Wildman–Crippen MR) is 87.5 cm³/mol. The third kappa shape index (κ3) is 3.12. The van der Waals surface area contributed by atoms with Crippen molar-refractivity contribution in [3.63, 3.8) is 0 Å². The second-order valence-corrected chi connectivity index (χ2v) is 7.67. The number of anilines is 1. The normalized spacial score (nSPS) is 11.7. The van der Waals surface area contributed by atoms with Gasteiger partial charge in [-0.25, -0.2) is 8.42 Å². The van der Waals surface area contributed by atoms with Gasteiger partial charge in [-0.05, 0) is 41.4 Å². The Morgan fingerprint density at radius 2 is 1.95 bits per heavy atom. The third-order valence-corrected chi connectivity index (χ3v) is 6.06. The van der Waals surface area contributed by atoms with Crippen LogP contribution in [-0.2, 0) is 15.9 Å². The molecule has 2 aromatic rings. The molecule has 0 aliphatic carbocycles. The maximum Gasteiger partial charge on any atom is 0.268 e. The Labute approximate surface area is 137 Å². The molecule has 0 atom stereocenters. The van der Waals surface area contributed by atoms with Crippen LogP contribution in [0.5, 0.6) is 0 Å². The highest BCUT2D eigenvalue weighted by Crippen LogP contribution is 2.32. The van der Waals surface area contributed by atoms with Crippen molar-refractivity contribution in [1.29, 1.82) is 0 Å². The summed E-state index contributed by atoms with van der Waals surface area (Å²) in [6.07, 6.45) is 0. The second kappa shape index (κ2) is 6.02. The summed E-state index contributed by atoms with van der Waals surface area (Å²) in [5.41, 5.74) is 2.59. The Hall–Kier alpha value is -0.980. The van der Waals surface area contributed by atoms with Gasteiger partial charge in [-0.2, -0.15) is 0 Å². The number of halogens is 2. The maximum atomic E-state index is 12.7. The highest BCUT2D eigenvalue weighted by Gasteiger charge is 2.28. The third-order valence-electron chi connectivity index (χ3n) is 3.17. The monoisotopic (exact) mass is 391 g/mol. The zero-order valence-electron chi connectivity index (χ0n) is 11.9. The number of rotatable bonds is 4. The fourth-order valence-corrected chi connectivity index (χ4v) is 4.43. The van der Waals surface area contributed by atoms with Gasteiger partial charge in [-0.1, -0.05) is 17.7 Å². The summed E-state index contributed by atoms with van der Waals surface area (Å²) < 4.78 is 32.1. The van der Waals surface area contributed by atoms with Crippen LogP contribution in [0.3, 0.4) is 0 Å². The molecule has 0 fully saturated rings. The minimum absolute atomic E-state index is 0.0700. The van der Waals surface area contributed by atoms with E-state index < -0.39 is 10.0 Å². The van der Waals surface area contributed by atoms with Gasteiger partial charge in [0.05, 0.1) is 11.6 Å². The second-order valence-electron chi connectivity index (χ2n) is 4.75. The molecule has 0 aliphatic heterocycles. The predicted octanol–water partition coefficient (Wildman–Crippen LogP) is 4.22. The van der Waals surface area contributed by atoms with Gasteiger partial charge < -0.3 is 4.42 Å². The van der Waals surface area contributed by atoms with Crippen molar-refractivity contribution >= 4 is 43.2 Å². The van der Waals surface area contributed by atoms with Crippen molar-refractivity contribution in [3.05, 3.63) is 45.8 Å². The lowest BCUT2D eigenvalue weighted by Gasteiger charge is -2.21. The van der Waals surface area contributed by atoms with E-state index in [-0.39, 0.29) is 15.4 Å². The Morgan fingerprint density at radius 1 is 1.29 bits per heavy atom. The number of alkyl halides is 1. The molecule has 0 spiro atoms. The zero-order valence-corrected chi connectivity index (χ0v) is 15.0. The van der Waals surface area contributed by atoms with E-state index in [1.54, 1.807) is 6.07 Å². The molecule has 0 amide bonds. The summed E-state index contributed by atoms with van der Waals surface area (Å²) >= 11 is 8.81. The molecular weight excluding hydrogens is 378 g/mol. The van der Waals surface area contributed by atoms with Crippen LogP contribution in [0, 0.1) is 13.8 Å². The van der Waals surface area contributed by atoms with Crippen molar-refractivity contribution in [1.82, 2.24) is 0 Å². The Balaban J connectivity index is 2.49. The van der Waals surface area contributed by atoms with E-state index in [0.29, 0.717) is 11.4 Å². The molecular formula is C14H15BrClNO3S. The lowest BCUT2D eigenvalue weighted by molar-refractivity contribution is 0.498. The van der Waals surface area contributed by atoms with Crippen molar-refractivity contribution < 1.29 is 12.8 Å². The molecule has 1 aromatic heterocycles. The fraction of sp³-hybridized carbons (Fsp3) is 0.286. The minimum atomic E-state index is -3.71. The smallest absolute Gasteiger partial charge is 0.268 e. The van der Waals surface area contributed by atoms with Crippen LogP contribution in [0.1, 0.15) is 16.9 Å². The molecule has 0 saturated heterocycles. The van der Waals surface area contributed by atoms with Crippen LogP contribution in [0.2, 0.25) is 0 Å². The summed E-state index contributed by atoms with van der Waals surface area (Å²) in [5, 5.41) is 0. The molecule has 1 aromatic carbocycles. The number of sulfonamides is 1. The van der Waals surface area contributed by atoms with Crippen molar-refractivity contribution in [3.8, 4) is 0 Å². The minimum Gasteiger partial charge on any atom is -0.452 e. The summed E-state index contributed by atoms with van der Waals surface area (Å²) in [4.78, 5) is 0.0700. The number of nitrogens with zero attached hydrogens (tertiary/aromatic N) is 1. The van der Waals surface area contributed by atoms with Gasteiger partial charge in [0.25, 0.3) is 10.0 Å². The van der Waals surface area contributed by atoms with E-state index in [9.17, 15) is 8.42 Å². The van der Waals surface area contributed by atoms with E-state index in [2.05, 4.69) is 15.9 Å². The first-order chi connectivity index (χ1) is 9.77. The van der Waals surface area contributed by atoms with Crippen LogP contribution in [0.4, 0.5) is 5.69 Å². The van der Waals surface area contributed by atoms with E-state index in [1.165, 1.54) is 17.4 Å². The molecule has 0 bridgehead atoms. The van der Waals surface area contributed by atoms with Crippen LogP contribution in [0.25, 0.3) is 0 Å². The van der Waals surface area contributed by atoms with E-state index >= 15 is 0 Å². The van der Waals surface area contributed by atoms with Gasteiger partial charge in [0.2, 0.25) is 0 Å². The van der Waals surface area contributed by atoms with Gasteiger partial charge in [0.1, 0.15) is 10.7 Å². The fourth-order valence-electron chi connectivity index (χ4n) is 2.08. The van der Waals surface area contributed by atoms with Gasteiger partial charge in [0, 0.05) is 13.1 Å². The number of benzene rings is 1. The first-order valence-corrected chi connectivity index (χ1v) is 8.94. The lowest BCUT2D eigenvalue weighted by atomic mass is 10.1. The van der Waals surface area contributed by atoms with Crippen LogP contribution < -0.4 is 4.31 Å². The van der Waals surface area contributed by atoms with Crippen molar-refractivity contribution in [2.75, 3.05) is 11.4 Å². The molecule has 21 heavy (non-hydrogen) atoms. The average Bonchev–Trinajstić information content (AvgIpc) is 2.80. The molecule has 0 unspecified atom stereocenters. The standard InChI is InChI=1S/C14H15BrClNO3S/c1-9-4-5-12(10(2)6-9)17(3)21(18,19)13-7-11(8-16)20-14(13)15/h4-7H,8H2,1-3H3. The van der Waals surface area contributed by atoms with Crippen LogP contribution in [-0.4, -0.2) is 15.5 Å². The molecule has 0 N–H and O–H groups in total. The van der Waals surface area contributed by atoms with Gasteiger partial charge in [0.15, 0.2) is 4.67 Å². The quantitative estimate of drug-likeness (QED) is 0.732. The molecule has 114 valence electrons. The highest BCUT2D eigenvalue weighted by atomic mass is 79.9. The lowest BCUT2D eigenvalue weighted by Crippen LogP contribution is -2.27. The van der Waals surface area contributed by atoms with Gasteiger partial charge in [-0.3, -0.25) is 4.31 Å². The number of hydrogen-bond donors (Lipinski definition) is 0. The Morgan fingerprint density at radius 3 is 2.48 bits per heavy atom. The first kappa shape index (κ1) is 16.4. The summed E-state index contributed by atoms with van der Waals surface area (Å²) in [6.45, 7) is 3.84. The summed E-state index contributed by atoms with van der Waals surface area (Å²) in [6, 6.07) is 7.05. The SMILES string of the molecule is Cc1ccc(N(C)S(=O)(=O)c2cc(CCl)oc2Br)c(C)c1. The molecule has 0 radical (unpaired) electrons.